The smallest absolute Gasteiger partial charge is 0.225 e. The summed E-state index contributed by atoms with van der Waals surface area (Å²) >= 11 is 1.68. The number of carbonyl (C=O) groups excluding carboxylic acids is 1. The molecule has 0 atom stereocenters. The summed E-state index contributed by atoms with van der Waals surface area (Å²) in [5, 5.41) is 22.5. The third-order valence-corrected chi connectivity index (χ3v) is 3.63. The zero-order chi connectivity index (χ0) is 14.4. The van der Waals surface area contributed by atoms with Crippen LogP contribution in [0.2, 0.25) is 0 Å². The number of rotatable bonds is 6. The zero-order valence-corrected chi connectivity index (χ0v) is 11.5. The molecule has 0 bridgehead atoms. The summed E-state index contributed by atoms with van der Waals surface area (Å²) in [5.41, 5.74) is 5.83. The lowest BCUT2D eigenvalue weighted by Crippen LogP contribution is -2.18. The number of nitrogens with two attached hydrogens (primary N) is 1. The summed E-state index contributed by atoms with van der Waals surface area (Å²) in [6.07, 6.45) is 3.42. The van der Waals surface area contributed by atoms with Gasteiger partial charge in [-0.15, -0.1) is 11.3 Å². The molecule has 0 saturated carbocycles. The summed E-state index contributed by atoms with van der Waals surface area (Å²) in [6.45, 7) is 0. The van der Waals surface area contributed by atoms with Crippen molar-refractivity contribution in [3.8, 4) is 0 Å². The van der Waals surface area contributed by atoms with Gasteiger partial charge in [-0.3, -0.25) is 9.89 Å². The summed E-state index contributed by atoms with van der Waals surface area (Å²) < 4.78 is 0. The SMILES string of the molecule is NC(=NO)c1cn[nH]c1NC(=O)CCCc1cccs1. The average molecular weight is 293 g/mol. The summed E-state index contributed by atoms with van der Waals surface area (Å²) in [4.78, 5) is 13.1. The van der Waals surface area contributed by atoms with E-state index < -0.39 is 0 Å². The minimum atomic E-state index is -0.141. The molecule has 0 radical (unpaired) electrons. The minimum Gasteiger partial charge on any atom is -0.409 e. The minimum absolute atomic E-state index is 0.104. The van der Waals surface area contributed by atoms with Gasteiger partial charge in [-0.25, -0.2) is 0 Å². The van der Waals surface area contributed by atoms with Crippen molar-refractivity contribution in [2.45, 2.75) is 19.3 Å². The molecule has 2 aromatic heterocycles. The quantitative estimate of drug-likeness (QED) is 0.279. The highest BCUT2D eigenvalue weighted by atomic mass is 32.1. The summed E-state index contributed by atoms with van der Waals surface area (Å²) in [7, 11) is 0. The Balaban J connectivity index is 1.84. The second-order valence-corrected chi connectivity index (χ2v) is 5.16. The summed E-state index contributed by atoms with van der Waals surface area (Å²) in [6, 6.07) is 4.04. The Morgan fingerprint density at radius 2 is 2.45 bits per heavy atom. The van der Waals surface area contributed by atoms with Crippen molar-refractivity contribution >= 4 is 28.9 Å². The number of hydrogen-bond acceptors (Lipinski definition) is 5. The Kier molecular flexibility index (Phi) is 4.72. The molecule has 0 fully saturated rings. The van der Waals surface area contributed by atoms with Crippen LogP contribution in [0, 0.1) is 0 Å². The third kappa shape index (κ3) is 3.58. The van der Waals surface area contributed by atoms with E-state index in [1.54, 1.807) is 11.3 Å². The number of aromatic amines is 1. The van der Waals surface area contributed by atoms with E-state index in [9.17, 15) is 4.79 Å². The second-order valence-electron chi connectivity index (χ2n) is 4.13. The van der Waals surface area contributed by atoms with Crippen LogP contribution in [0.4, 0.5) is 5.82 Å². The van der Waals surface area contributed by atoms with Crippen molar-refractivity contribution in [1.82, 2.24) is 10.2 Å². The number of nitrogens with zero attached hydrogens (tertiary/aromatic N) is 2. The lowest BCUT2D eigenvalue weighted by molar-refractivity contribution is -0.116. The molecule has 106 valence electrons. The van der Waals surface area contributed by atoms with Crippen molar-refractivity contribution in [2.75, 3.05) is 5.32 Å². The number of anilines is 1. The van der Waals surface area contributed by atoms with Crippen LogP contribution in [0.25, 0.3) is 0 Å². The molecule has 0 spiro atoms. The van der Waals surface area contributed by atoms with Crippen LogP contribution in [0.3, 0.4) is 0 Å². The number of amides is 1. The Labute approximate surface area is 119 Å². The van der Waals surface area contributed by atoms with E-state index in [1.165, 1.54) is 11.1 Å². The Hall–Kier alpha value is -2.35. The van der Waals surface area contributed by atoms with Gasteiger partial charge < -0.3 is 16.3 Å². The first-order chi connectivity index (χ1) is 9.70. The van der Waals surface area contributed by atoms with E-state index in [-0.39, 0.29) is 11.7 Å². The fraction of sp³-hybridized carbons (Fsp3) is 0.250. The van der Waals surface area contributed by atoms with Crippen molar-refractivity contribution in [3.05, 3.63) is 34.2 Å². The number of oxime groups is 1. The van der Waals surface area contributed by atoms with Gasteiger partial charge in [0.1, 0.15) is 5.82 Å². The van der Waals surface area contributed by atoms with Crippen LogP contribution in [-0.4, -0.2) is 27.1 Å². The number of aryl methyl sites for hydroxylation is 1. The molecule has 2 heterocycles. The largest absolute Gasteiger partial charge is 0.409 e. The molecule has 5 N–H and O–H groups in total. The Morgan fingerprint density at radius 1 is 1.60 bits per heavy atom. The highest BCUT2D eigenvalue weighted by molar-refractivity contribution is 7.09. The van der Waals surface area contributed by atoms with Crippen LogP contribution in [0.5, 0.6) is 0 Å². The molecule has 2 rings (SSSR count). The third-order valence-electron chi connectivity index (χ3n) is 2.69. The lowest BCUT2D eigenvalue weighted by atomic mass is 10.2. The standard InChI is InChI=1S/C12H15N5O2S/c13-11(17-19)9-7-14-16-12(9)15-10(18)5-1-3-8-4-2-6-20-8/h2,4,6-7,19H,1,3,5H2,(H2,13,17)(H2,14,15,16,18). The van der Waals surface area contributed by atoms with Gasteiger partial charge in [0.05, 0.1) is 11.8 Å². The molecule has 0 unspecified atom stereocenters. The first-order valence-corrected chi connectivity index (χ1v) is 6.92. The number of nitrogens with one attached hydrogen (secondary N) is 2. The second kappa shape index (κ2) is 6.71. The summed E-state index contributed by atoms with van der Waals surface area (Å²) in [5.74, 6) is 0.0897. The highest BCUT2D eigenvalue weighted by Crippen LogP contribution is 2.14. The topological polar surface area (TPSA) is 116 Å². The number of aromatic nitrogens is 2. The molecule has 7 nitrogen and oxygen atoms in total. The van der Waals surface area contributed by atoms with Gasteiger partial charge in [-0.05, 0) is 24.3 Å². The number of thiophene rings is 1. The van der Waals surface area contributed by atoms with Crippen LogP contribution in [0.1, 0.15) is 23.3 Å². The monoisotopic (exact) mass is 293 g/mol. The van der Waals surface area contributed by atoms with Gasteiger partial charge in [-0.1, -0.05) is 11.2 Å². The molecule has 0 aromatic carbocycles. The molecule has 8 heteroatoms. The van der Waals surface area contributed by atoms with Crippen LogP contribution in [-0.2, 0) is 11.2 Å². The Morgan fingerprint density at radius 3 is 3.15 bits per heavy atom. The van der Waals surface area contributed by atoms with E-state index in [0.717, 1.165) is 12.8 Å². The van der Waals surface area contributed by atoms with Crippen LogP contribution >= 0.6 is 11.3 Å². The number of amidine groups is 1. The van der Waals surface area contributed by atoms with Crippen molar-refractivity contribution in [1.29, 1.82) is 0 Å². The lowest BCUT2D eigenvalue weighted by Gasteiger charge is -2.04. The van der Waals surface area contributed by atoms with E-state index in [0.29, 0.717) is 17.8 Å². The maximum Gasteiger partial charge on any atom is 0.225 e. The van der Waals surface area contributed by atoms with Gasteiger partial charge in [-0.2, -0.15) is 5.10 Å². The van der Waals surface area contributed by atoms with Crippen LogP contribution in [0.15, 0.2) is 28.9 Å². The molecule has 0 aliphatic carbocycles. The molecule has 20 heavy (non-hydrogen) atoms. The van der Waals surface area contributed by atoms with Gasteiger partial charge in [0, 0.05) is 11.3 Å². The van der Waals surface area contributed by atoms with E-state index in [4.69, 9.17) is 10.9 Å². The van der Waals surface area contributed by atoms with E-state index in [1.807, 2.05) is 17.5 Å². The zero-order valence-electron chi connectivity index (χ0n) is 10.7. The van der Waals surface area contributed by atoms with Gasteiger partial charge in [0.15, 0.2) is 5.84 Å². The number of hydrogen-bond donors (Lipinski definition) is 4. The molecule has 0 aliphatic rings. The molecule has 1 amide bonds. The fourth-order valence-corrected chi connectivity index (χ4v) is 2.46. The van der Waals surface area contributed by atoms with Gasteiger partial charge >= 0.3 is 0 Å². The van der Waals surface area contributed by atoms with Crippen molar-refractivity contribution in [3.63, 3.8) is 0 Å². The first kappa shape index (κ1) is 14.1. The molecular formula is C12H15N5O2S. The van der Waals surface area contributed by atoms with E-state index in [2.05, 4.69) is 20.7 Å². The van der Waals surface area contributed by atoms with E-state index >= 15 is 0 Å². The molecule has 0 saturated heterocycles. The van der Waals surface area contributed by atoms with Crippen LogP contribution < -0.4 is 11.1 Å². The molecule has 2 aromatic rings. The normalized spacial score (nSPS) is 11.5. The average Bonchev–Trinajstić information content (AvgIpc) is 3.09. The van der Waals surface area contributed by atoms with Crippen molar-refractivity contribution in [2.24, 2.45) is 10.9 Å². The predicted molar refractivity (Wildman–Crippen MR) is 77.0 cm³/mol. The number of carbonyl (C=O) groups is 1. The molecule has 0 aliphatic heterocycles. The van der Waals surface area contributed by atoms with Gasteiger partial charge in [0.25, 0.3) is 0 Å². The maximum absolute atomic E-state index is 11.8. The predicted octanol–water partition coefficient (Wildman–Crippen LogP) is 1.53. The Bertz CT molecular complexity index is 591. The molecular weight excluding hydrogens is 278 g/mol. The maximum atomic E-state index is 11.8. The fourth-order valence-electron chi connectivity index (χ4n) is 1.71. The first-order valence-electron chi connectivity index (χ1n) is 6.04. The number of H-pyrrole nitrogens is 1. The highest BCUT2D eigenvalue weighted by Gasteiger charge is 2.12. The van der Waals surface area contributed by atoms with Crippen molar-refractivity contribution < 1.29 is 10.0 Å². The van der Waals surface area contributed by atoms with Gasteiger partial charge in [0.2, 0.25) is 5.91 Å².